The van der Waals surface area contributed by atoms with E-state index in [9.17, 15) is 9.59 Å². The van der Waals surface area contributed by atoms with E-state index < -0.39 is 6.04 Å². The Labute approximate surface area is 135 Å². The number of amides is 2. The highest BCUT2D eigenvalue weighted by atomic mass is 35.5. The van der Waals surface area contributed by atoms with Crippen LogP contribution < -0.4 is 16.0 Å². The molecule has 8 heteroatoms. The lowest BCUT2D eigenvalue weighted by molar-refractivity contribution is -0.133. The number of aromatic nitrogens is 2. The fourth-order valence-corrected chi connectivity index (χ4v) is 2.77. The first-order chi connectivity index (χ1) is 10.2. The van der Waals surface area contributed by atoms with Gasteiger partial charge in [-0.3, -0.25) is 14.9 Å². The Balaban J connectivity index is 0.00000176. The Hall–Kier alpha value is -1.73. The van der Waals surface area contributed by atoms with Crippen molar-refractivity contribution in [1.29, 1.82) is 0 Å². The summed E-state index contributed by atoms with van der Waals surface area (Å²) in [5, 5.41) is 8.63. The number of rotatable bonds is 3. The summed E-state index contributed by atoms with van der Waals surface area (Å²) in [6, 6.07) is -0.438. The average molecular weight is 326 g/mol. The van der Waals surface area contributed by atoms with E-state index in [2.05, 4.69) is 25.9 Å². The zero-order valence-corrected chi connectivity index (χ0v) is 13.0. The number of anilines is 1. The van der Waals surface area contributed by atoms with Crippen LogP contribution in [0.2, 0.25) is 0 Å². The maximum atomic E-state index is 11.7. The van der Waals surface area contributed by atoms with Gasteiger partial charge in [0.2, 0.25) is 17.8 Å². The molecule has 2 amide bonds. The smallest absolute Gasteiger partial charge is 0.249 e. The van der Waals surface area contributed by atoms with E-state index in [4.69, 9.17) is 0 Å². The summed E-state index contributed by atoms with van der Waals surface area (Å²) >= 11 is 0. The summed E-state index contributed by atoms with van der Waals surface area (Å²) < 4.78 is 0. The van der Waals surface area contributed by atoms with E-state index in [0.29, 0.717) is 24.7 Å². The van der Waals surface area contributed by atoms with Crippen molar-refractivity contribution >= 4 is 30.2 Å². The molecule has 22 heavy (non-hydrogen) atoms. The zero-order chi connectivity index (χ0) is 14.7. The number of hydrogen-bond donors (Lipinski definition) is 3. The second-order valence-electron chi connectivity index (χ2n) is 5.51. The molecular weight excluding hydrogens is 306 g/mol. The summed E-state index contributed by atoms with van der Waals surface area (Å²) in [4.78, 5) is 31.3. The van der Waals surface area contributed by atoms with Gasteiger partial charge in [-0.05, 0) is 43.8 Å². The van der Waals surface area contributed by atoms with Crippen molar-refractivity contribution in [2.75, 3.05) is 18.4 Å². The quantitative estimate of drug-likeness (QED) is 0.704. The molecule has 3 N–H and O–H groups in total. The zero-order valence-electron chi connectivity index (χ0n) is 12.2. The van der Waals surface area contributed by atoms with Crippen molar-refractivity contribution in [3.63, 3.8) is 0 Å². The van der Waals surface area contributed by atoms with Gasteiger partial charge >= 0.3 is 0 Å². The highest BCUT2D eigenvalue weighted by Crippen LogP contribution is 2.24. The molecule has 7 nitrogen and oxygen atoms in total. The predicted molar refractivity (Wildman–Crippen MR) is 83.9 cm³/mol. The van der Waals surface area contributed by atoms with E-state index in [-0.39, 0.29) is 24.2 Å². The van der Waals surface area contributed by atoms with Crippen LogP contribution in [0.25, 0.3) is 0 Å². The molecule has 2 aliphatic rings. The number of halogens is 1. The number of nitrogens with one attached hydrogen (secondary N) is 3. The van der Waals surface area contributed by atoms with Crippen LogP contribution in [0.4, 0.5) is 5.95 Å². The average Bonchev–Trinajstić information content (AvgIpc) is 2.52. The van der Waals surface area contributed by atoms with Crippen LogP contribution in [0.15, 0.2) is 12.4 Å². The van der Waals surface area contributed by atoms with Crippen molar-refractivity contribution in [3.8, 4) is 0 Å². The Morgan fingerprint density at radius 2 is 1.77 bits per heavy atom. The van der Waals surface area contributed by atoms with Gasteiger partial charge in [-0.1, -0.05) is 0 Å². The number of imide groups is 1. The van der Waals surface area contributed by atoms with Gasteiger partial charge in [0.15, 0.2) is 0 Å². The maximum Gasteiger partial charge on any atom is 0.249 e. The van der Waals surface area contributed by atoms with Crippen molar-refractivity contribution in [3.05, 3.63) is 18.0 Å². The summed E-state index contributed by atoms with van der Waals surface area (Å²) in [7, 11) is 0. The fourth-order valence-electron chi connectivity index (χ4n) is 2.77. The normalized spacial score (nSPS) is 22.6. The summed E-state index contributed by atoms with van der Waals surface area (Å²) in [6.45, 7) is 2.06. The summed E-state index contributed by atoms with van der Waals surface area (Å²) in [5.41, 5.74) is 1.14. The molecule has 2 aliphatic heterocycles. The van der Waals surface area contributed by atoms with Gasteiger partial charge in [0.25, 0.3) is 0 Å². The molecule has 2 saturated heterocycles. The molecule has 1 unspecified atom stereocenters. The van der Waals surface area contributed by atoms with E-state index >= 15 is 0 Å². The molecule has 0 radical (unpaired) electrons. The lowest BCUT2D eigenvalue weighted by atomic mass is 9.92. The molecule has 0 saturated carbocycles. The van der Waals surface area contributed by atoms with Gasteiger partial charge < -0.3 is 10.6 Å². The number of nitrogens with zero attached hydrogens (tertiary/aromatic N) is 2. The van der Waals surface area contributed by atoms with E-state index in [1.807, 2.05) is 12.4 Å². The van der Waals surface area contributed by atoms with Crippen LogP contribution in [0.3, 0.4) is 0 Å². The highest BCUT2D eigenvalue weighted by molar-refractivity contribution is 6.01. The molecule has 1 aromatic rings. The van der Waals surface area contributed by atoms with Crippen molar-refractivity contribution in [2.45, 2.75) is 37.6 Å². The minimum atomic E-state index is -0.438. The third kappa shape index (κ3) is 3.92. The van der Waals surface area contributed by atoms with Crippen LogP contribution in [-0.2, 0) is 9.59 Å². The third-order valence-electron chi connectivity index (χ3n) is 4.02. The molecule has 0 aliphatic carbocycles. The van der Waals surface area contributed by atoms with Gasteiger partial charge in [0.05, 0.1) is 0 Å². The summed E-state index contributed by atoms with van der Waals surface area (Å²) in [6.07, 6.45) is 6.68. The lowest BCUT2D eigenvalue weighted by Crippen LogP contribution is -2.47. The van der Waals surface area contributed by atoms with Crippen LogP contribution in [0, 0.1) is 0 Å². The molecular formula is C14H20ClN5O2. The molecule has 0 spiro atoms. The first-order valence-corrected chi connectivity index (χ1v) is 7.35. The number of piperidine rings is 2. The topological polar surface area (TPSA) is 96.0 Å². The maximum absolute atomic E-state index is 11.7. The van der Waals surface area contributed by atoms with E-state index in [1.165, 1.54) is 0 Å². The largest absolute Gasteiger partial charge is 0.342 e. The van der Waals surface area contributed by atoms with Gasteiger partial charge in [-0.2, -0.15) is 0 Å². The molecule has 120 valence electrons. The molecule has 0 aromatic carbocycles. The Kier molecular flexibility index (Phi) is 5.68. The molecule has 2 fully saturated rings. The number of carbonyl (C=O) groups is 2. The van der Waals surface area contributed by atoms with E-state index in [1.54, 1.807) is 0 Å². The van der Waals surface area contributed by atoms with E-state index in [0.717, 1.165) is 31.5 Å². The van der Waals surface area contributed by atoms with Crippen molar-refractivity contribution in [2.24, 2.45) is 0 Å². The summed E-state index contributed by atoms with van der Waals surface area (Å²) in [5.74, 6) is 0.413. The van der Waals surface area contributed by atoms with Crippen LogP contribution >= 0.6 is 12.4 Å². The number of carbonyl (C=O) groups excluding carboxylic acids is 2. The molecule has 0 bridgehead atoms. The Bertz CT molecular complexity index is 531. The molecule has 3 heterocycles. The van der Waals surface area contributed by atoms with Crippen LogP contribution in [0.5, 0.6) is 0 Å². The van der Waals surface area contributed by atoms with Crippen LogP contribution in [0.1, 0.15) is 37.2 Å². The van der Waals surface area contributed by atoms with Crippen LogP contribution in [-0.4, -0.2) is 40.9 Å². The number of hydrogen-bond acceptors (Lipinski definition) is 6. The minimum absolute atomic E-state index is 0. The Morgan fingerprint density at radius 3 is 2.41 bits per heavy atom. The van der Waals surface area contributed by atoms with Gasteiger partial charge in [-0.15, -0.1) is 12.4 Å². The first-order valence-electron chi connectivity index (χ1n) is 7.35. The second-order valence-corrected chi connectivity index (χ2v) is 5.51. The standard InChI is InChI=1S/C14H19N5O2.ClH/c20-12-2-1-11(13(21)19-12)18-14-16-7-10(8-17-14)9-3-5-15-6-4-9;/h7-9,11,15H,1-6H2,(H,16,17,18)(H,19,20,21);1H. The van der Waals surface area contributed by atoms with Crippen molar-refractivity contribution < 1.29 is 9.59 Å². The molecule has 1 aromatic heterocycles. The fraction of sp³-hybridized carbons (Fsp3) is 0.571. The SMILES string of the molecule is Cl.O=C1CCC(Nc2ncc(C3CCNCC3)cn2)C(=O)N1. The minimum Gasteiger partial charge on any atom is -0.342 e. The molecule has 3 rings (SSSR count). The predicted octanol–water partition coefficient (Wildman–Crippen LogP) is 0.582. The monoisotopic (exact) mass is 325 g/mol. The molecule has 1 atom stereocenters. The van der Waals surface area contributed by atoms with Gasteiger partial charge in [-0.25, -0.2) is 9.97 Å². The second kappa shape index (κ2) is 7.51. The highest BCUT2D eigenvalue weighted by Gasteiger charge is 2.27. The third-order valence-corrected chi connectivity index (χ3v) is 4.02. The van der Waals surface area contributed by atoms with Gasteiger partial charge in [0, 0.05) is 18.8 Å². The van der Waals surface area contributed by atoms with Gasteiger partial charge in [0.1, 0.15) is 6.04 Å². The van der Waals surface area contributed by atoms with Crippen molar-refractivity contribution in [1.82, 2.24) is 20.6 Å². The first kappa shape index (κ1) is 16.6. The lowest BCUT2D eigenvalue weighted by Gasteiger charge is -2.23. The Morgan fingerprint density at radius 1 is 1.09 bits per heavy atom.